The van der Waals surface area contributed by atoms with Crippen LogP contribution >= 0.6 is 0 Å². The van der Waals surface area contributed by atoms with Crippen LogP contribution in [0.1, 0.15) is 0 Å². The second-order valence-electron chi connectivity index (χ2n) is 4.65. The number of non-ortho nitro benzene ring substituents is 1. The number of halogens is 1. The summed E-state index contributed by atoms with van der Waals surface area (Å²) in [6, 6.07) is 10.5. The van der Waals surface area contributed by atoms with Crippen molar-refractivity contribution in [3.05, 3.63) is 64.5 Å². The molecule has 0 aliphatic heterocycles. The van der Waals surface area contributed by atoms with Gasteiger partial charge >= 0.3 is 0 Å². The van der Waals surface area contributed by atoms with Crippen molar-refractivity contribution in [2.75, 3.05) is 13.2 Å². The third-order valence-corrected chi connectivity index (χ3v) is 4.35. The van der Waals surface area contributed by atoms with E-state index in [9.17, 15) is 22.9 Å². The molecular formula is C16H13FN2O5S. The zero-order chi connectivity index (χ0) is 18.3. The highest BCUT2D eigenvalue weighted by atomic mass is 32.2. The number of hydrogen-bond donors (Lipinski definition) is 1. The molecule has 0 saturated heterocycles. The first kappa shape index (κ1) is 18.4. The van der Waals surface area contributed by atoms with E-state index in [2.05, 4.69) is 16.6 Å². The number of benzene rings is 2. The van der Waals surface area contributed by atoms with E-state index in [-0.39, 0.29) is 29.5 Å². The molecule has 0 aromatic heterocycles. The van der Waals surface area contributed by atoms with Crippen LogP contribution in [0.5, 0.6) is 5.75 Å². The normalized spacial score (nSPS) is 10.6. The summed E-state index contributed by atoms with van der Waals surface area (Å²) in [5.74, 6) is 4.59. The first-order chi connectivity index (χ1) is 11.9. The van der Waals surface area contributed by atoms with Crippen LogP contribution in [0.3, 0.4) is 0 Å². The van der Waals surface area contributed by atoms with Crippen LogP contribution in [-0.4, -0.2) is 26.5 Å². The van der Waals surface area contributed by atoms with Gasteiger partial charge in [-0.2, -0.15) is 4.72 Å². The second-order valence-corrected chi connectivity index (χ2v) is 6.42. The topological polar surface area (TPSA) is 98.5 Å². The molecule has 0 spiro atoms. The Bertz CT molecular complexity index is 935. The number of nitrogens with one attached hydrogen (secondary N) is 1. The van der Waals surface area contributed by atoms with Crippen molar-refractivity contribution in [1.82, 2.24) is 4.72 Å². The first-order valence-electron chi connectivity index (χ1n) is 6.97. The molecule has 0 atom stereocenters. The Morgan fingerprint density at radius 2 is 1.92 bits per heavy atom. The smallest absolute Gasteiger partial charge is 0.270 e. The molecule has 2 aromatic rings. The van der Waals surface area contributed by atoms with E-state index >= 15 is 0 Å². The zero-order valence-electron chi connectivity index (χ0n) is 12.8. The molecule has 0 heterocycles. The van der Waals surface area contributed by atoms with Gasteiger partial charge in [-0.25, -0.2) is 12.8 Å². The predicted octanol–water partition coefficient (Wildman–Crippen LogP) is 2.09. The average molecular weight is 364 g/mol. The molecule has 1 N–H and O–H groups in total. The molecular weight excluding hydrogens is 351 g/mol. The van der Waals surface area contributed by atoms with Gasteiger partial charge in [-0.05, 0) is 18.2 Å². The summed E-state index contributed by atoms with van der Waals surface area (Å²) in [4.78, 5) is 9.77. The summed E-state index contributed by atoms with van der Waals surface area (Å²) in [7, 11) is -3.92. The van der Waals surface area contributed by atoms with Gasteiger partial charge < -0.3 is 4.74 Å². The molecule has 130 valence electrons. The fraction of sp³-hybridized carbons (Fsp3) is 0.125. The van der Waals surface area contributed by atoms with Crippen LogP contribution in [0.4, 0.5) is 10.1 Å². The van der Waals surface area contributed by atoms with Gasteiger partial charge in [-0.3, -0.25) is 10.1 Å². The maximum atomic E-state index is 13.3. The number of ether oxygens (including phenoxy) is 1. The number of rotatable bonds is 6. The van der Waals surface area contributed by atoms with E-state index in [0.29, 0.717) is 0 Å². The third-order valence-electron chi connectivity index (χ3n) is 2.95. The summed E-state index contributed by atoms with van der Waals surface area (Å²) in [5.41, 5.74) is -0.327. The lowest BCUT2D eigenvalue weighted by Gasteiger charge is -2.03. The monoisotopic (exact) mass is 364 g/mol. The maximum Gasteiger partial charge on any atom is 0.270 e. The van der Waals surface area contributed by atoms with Crippen LogP contribution < -0.4 is 9.46 Å². The summed E-state index contributed by atoms with van der Waals surface area (Å²) >= 11 is 0. The maximum absolute atomic E-state index is 13.3. The summed E-state index contributed by atoms with van der Waals surface area (Å²) < 4.78 is 44.6. The average Bonchev–Trinajstić information content (AvgIpc) is 2.59. The molecule has 7 nitrogen and oxygen atoms in total. The molecule has 0 aliphatic carbocycles. The van der Waals surface area contributed by atoms with Gasteiger partial charge in [0.25, 0.3) is 5.69 Å². The van der Waals surface area contributed by atoms with Gasteiger partial charge in [0.1, 0.15) is 6.61 Å². The predicted molar refractivity (Wildman–Crippen MR) is 88.0 cm³/mol. The summed E-state index contributed by atoms with van der Waals surface area (Å²) in [6.07, 6.45) is 0. The summed E-state index contributed by atoms with van der Waals surface area (Å²) in [6.45, 7) is -0.328. The van der Waals surface area contributed by atoms with E-state index in [0.717, 1.165) is 6.07 Å². The van der Waals surface area contributed by atoms with Crippen molar-refractivity contribution >= 4 is 15.7 Å². The fourth-order valence-corrected chi connectivity index (χ4v) is 2.73. The largest absolute Gasteiger partial charge is 0.478 e. The Labute approximate surface area is 143 Å². The Morgan fingerprint density at radius 3 is 2.64 bits per heavy atom. The molecule has 0 aliphatic rings. The number of nitrogens with zero attached hydrogens (tertiary/aromatic N) is 1. The second kappa shape index (κ2) is 8.23. The van der Waals surface area contributed by atoms with Crippen molar-refractivity contribution in [3.8, 4) is 17.6 Å². The highest BCUT2D eigenvalue weighted by molar-refractivity contribution is 7.89. The van der Waals surface area contributed by atoms with Gasteiger partial charge in [0.05, 0.1) is 16.4 Å². The first-order valence-corrected chi connectivity index (χ1v) is 8.45. The highest BCUT2D eigenvalue weighted by Gasteiger charge is 2.16. The molecule has 0 unspecified atom stereocenters. The SMILES string of the molecule is O=[N+]([O-])c1cccc(S(=O)(=O)NCC#CCOc2ccccc2F)c1. The van der Waals surface area contributed by atoms with Crippen LogP contribution in [0.25, 0.3) is 0 Å². The molecule has 0 saturated carbocycles. The third kappa shape index (κ3) is 5.27. The Kier molecular flexibility index (Phi) is 6.05. The van der Waals surface area contributed by atoms with Crippen LogP contribution in [-0.2, 0) is 10.0 Å². The van der Waals surface area contributed by atoms with Crippen molar-refractivity contribution in [3.63, 3.8) is 0 Å². The molecule has 0 radical (unpaired) electrons. The number of nitro benzene ring substituents is 1. The van der Waals surface area contributed by atoms with E-state index in [1.54, 1.807) is 6.07 Å². The molecule has 2 rings (SSSR count). The van der Waals surface area contributed by atoms with E-state index in [1.165, 1.54) is 36.4 Å². The van der Waals surface area contributed by atoms with Crippen LogP contribution in [0.15, 0.2) is 53.4 Å². The van der Waals surface area contributed by atoms with E-state index in [4.69, 9.17) is 4.74 Å². The van der Waals surface area contributed by atoms with Gasteiger partial charge in [-0.1, -0.05) is 30.0 Å². The Morgan fingerprint density at radius 1 is 1.16 bits per heavy atom. The quantitative estimate of drug-likeness (QED) is 0.481. The number of para-hydroxylation sites is 1. The molecule has 25 heavy (non-hydrogen) atoms. The number of nitro groups is 1. The van der Waals surface area contributed by atoms with Gasteiger partial charge in [0, 0.05) is 12.1 Å². The minimum Gasteiger partial charge on any atom is -0.478 e. The van der Waals surface area contributed by atoms with E-state index < -0.39 is 20.8 Å². The van der Waals surface area contributed by atoms with Crippen molar-refractivity contribution in [2.24, 2.45) is 0 Å². The minimum atomic E-state index is -3.92. The molecule has 9 heteroatoms. The van der Waals surface area contributed by atoms with Crippen LogP contribution in [0, 0.1) is 27.8 Å². The van der Waals surface area contributed by atoms with Gasteiger partial charge in [0.2, 0.25) is 10.0 Å². The van der Waals surface area contributed by atoms with Crippen molar-refractivity contribution < 1.29 is 22.5 Å². The molecule has 0 amide bonds. The lowest BCUT2D eigenvalue weighted by Crippen LogP contribution is -2.24. The lowest BCUT2D eigenvalue weighted by atomic mass is 10.3. The van der Waals surface area contributed by atoms with Gasteiger partial charge in [-0.15, -0.1) is 0 Å². The van der Waals surface area contributed by atoms with Gasteiger partial charge in [0.15, 0.2) is 11.6 Å². The lowest BCUT2D eigenvalue weighted by molar-refractivity contribution is -0.385. The number of sulfonamides is 1. The minimum absolute atomic E-state index is 0.0500. The van der Waals surface area contributed by atoms with Crippen LogP contribution in [0.2, 0.25) is 0 Å². The van der Waals surface area contributed by atoms with Crippen molar-refractivity contribution in [1.29, 1.82) is 0 Å². The standard InChI is InChI=1S/C16H13FN2O5S/c17-15-8-1-2-9-16(15)24-11-4-3-10-18-25(22,23)14-7-5-6-13(12-14)19(20)21/h1-2,5-9,12,18H,10-11H2. The molecule has 2 aromatic carbocycles. The fourth-order valence-electron chi connectivity index (χ4n) is 1.77. The van der Waals surface area contributed by atoms with E-state index in [1.807, 2.05) is 0 Å². The molecule has 0 fully saturated rings. The highest BCUT2D eigenvalue weighted by Crippen LogP contribution is 2.17. The Hall–Kier alpha value is -2.96. The summed E-state index contributed by atoms with van der Waals surface area (Å²) in [5, 5.41) is 10.7. The van der Waals surface area contributed by atoms with Crippen molar-refractivity contribution in [2.45, 2.75) is 4.90 Å². The Balaban J connectivity index is 1.90. The molecule has 0 bridgehead atoms. The number of hydrogen-bond acceptors (Lipinski definition) is 5. The zero-order valence-corrected chi connectivity index (χ0v) is 13.6.